The summed E-state index contributed by atoms with van der Waals surface area (Å²) in [4.78, 5) is 4.89. The van der Waals surface area contributed by atoms with E-state index >= 15 is 0 Å². The van der Waals surface area contributed by atoms with Crippen molar-refractivity contribution in [3.8, 4) is 0 Å². The minimum atomic E-state index is 0.884. The van der Waals surface area contributed by atoms with Crippen LogP contribution in [0.3, 0.4) is 0 Å². The molecule has 0 atom stereocenters. The molecule has 3 nitrogen and oxygen atoms in total. The molecule has 7 rings (SSSR count). The van der Waals surface area contributed by atoms with E-state index in [1.54, 1.807) is 0 Å². The predicted octanol–water partition coefficient (Wildman–Crippen LogP) is 14.7. The van der Waals surface area contributed by atoms with Crippen LogP contribution < -0.4 is 15.1 Å². The van der Waals surface area contributed by atoms with Gasteiger partial charge in [-0.2, -0.15) is 0 Å². The number of nitrogens with one attached hydrogen (secondary N) is 1. The van der Waals surface area contributed by atoms with Crippen LogP contribution in [0.25, 0.3) is 10.8 Å². The Bertz CT molecular complexity index is 2380. The second kappa shape index (κ2) is 16.3. The van der Waals surface area contributed by atoms with Crippen LogP contribution in [-0.2, 0) is 0 Å². The average molecular weight is 749 g/mol. The smallest absolute Gasteiger partial charge is 0.0638 e. The highest BCUT2D eigenvalue weighted by Crippen LogP contribution is 2.42. The lowest BCUT2D eigenvalue weighted by Gasteiger charge is -2.28. The molecule has 0 unspecified atom stereocenters. The second-order valence-electron chi connectivity index (χ2n) is 16.1. The van der Waals surface area contributed by atoms with Crippen LogP contribution in [0.5, 0.6) is 0 Å². The lowest BCUT2D eigenvalue weighted by molar-refractivity contribution is 1.00. The summed E-state index contributed by atoms with van der Waals surface area (Å²) < 4.78 is 0. The molecule has 0 saturated carbocycles. The number of nitrogens with zero attached hydrogens (tertiary/aromatic N) is 2. The quantitative estimate of drug-likeness (QED) is 0.105. The number of hydrogen-bond acceptors (Lipinski definition) is 3. The minimum Gasteiger partial charge on any atom is -0.354 e. The van der Waals surface area contributed by atoms with Crippen molar-refractivity contribution in [2.45, 2.75) is 76.2 Å². The SMILES string of the molecule is CCN(c1ccc([C+](c2ccc(N(CC)c3c(C)cc(C)cc3C)cc2)c2ccc(Nc3c(C)cc(C)cc3C)c3ccccc23)cc1)c1c(C)cc(C)cc1C. The number of aryl methyl sites for hydroxylation is 9. The summed E-state index contributed by atoms with van der Waals surface area (Å²) in [5.41, 5.74) is 22.5. The molecule has 0 bridgehead atoms. The number of fused-ring (bicyclic) bond motifs is 1. The molecule has 0 spiro atoms. The van der Waals surface area contributed by atoms with Gasteiger partial charge in [-0.3, -0.25) is 0 Å². The van der Waals surface area contributed by atoms with Crippen LogP contribution in [-0.4, -0.2) is 13.1 Å². The zero-order chi connectivity index (χ0) is 40.5. The fraction of sp³-hybridized carbons (Fsp3) is 0.241. The fourth-order valence-electron chi connectivity index (χ4n) is 9.37. The second-order valence-corrected chi connectivity index (χ2v) is 16.1. The van der Waals surface area contributed by atoms with Crippen LogP contribution in [0.2, 0.25) is 0 Å². The summed E-state index contributed by atoms with van der Waals surface area (Å²) in [5.74, 6) is 1.22. The number of anilines is 6. The summed E-state index contributed by atoms with van der Waals surface area (Å²) in [6.07, 6.45) is 0. The standard InChI is InChI=1S/C54H58N3/c1-12-56(53-39(8)30-35(4)31-40(53)9)45-22-18-43(19-23-45)51(44-20-24-46(25-21-44)57(13-2)54-41(10)32-36(5)33-42(54)11)49-26-27-50(48-17-15-14-16-47(48)49)55-52-37(6)28-34(3)29-38(52)7/h14-33,55H,12-13H2,1-11H3/q+1. The average Bonchev–Trinajstić information content (AvgIpc) is 3.17. The molecule has 0 heterocycles. The first-order valence-electron chi connectivity index (χ1n) is 20.5. The third-order valence-electron chi connectivity index (χ3n) is 11.5. The first-order valence-corrected chi connectivity index (χ1v) is 20.5. The number of rotatable bonds is 11. The van der Waals surface area contributed by atoms with Gasteiger partial charge in [-0.05, 0) is 182 Å². The Morgan fingerprint density at radius 1 is 0.439 bits per heavy atom. The van der Waals surface area contributed by atoms with Gasteiger partial charge >= 0.3 is 0 Å². The Labute approximate surface area is 342 Å². The van der Waals surface area contributed by atoms with E-state index in [0.29, 0.717) is 0 Å². The molecule has 0 aromatic heterocycles. The van der Waals surface area contributed by atoms with Gasteiger partial charge in [0.2, 0.25) is 0 Å². The number of benzene rings is 7. The van der Waals surface area contributed by atoms with E-state index in [9.17, 15) is 0 Å². The van der Waals surface area contributed by atoms with Gasteiger partial charge in [0.1, 0.15) is 0 Å². The molecule has 0 amide bonds. The van der Waals surface area contributed by atoms with Gasteiger partial charge in [0.25, 0.3) is 0 Å². The van der Waals surface area contributed by atoms with Gasteiger partial charge in [-0.15, -0.1) is 0 Å². The maximum Gasteiger partial charge on any atom is 0.0638 e. The molecule has 0 aliphatic heterocycles. The van der Waals surface area contributed by atoms with Crippen molar-refractivity contribution in [2.75, 3.05) is 28.2 Å². The molecule has 0 aliphatic carbocycles. The van der Waals surface area contributed by atoms with Gasteiger partial charge in [0.05, 0.1) is 39.7 Å². The largest absolute Gasteiger partial charge is 0.354 e. The Hall–Kier alpha value is -5.93. The molecule has 57 heavy (non-hydrogen) atoms. The maximum atomic E-state index is 3.84. The van der Waals surface area contributed by atoms with E-state index in [1.165, 1.54) is 112 Å². The highest BCUT2D eigenvalue weighted by Gasteiger charge is 2.27. The molecule has 7 aromatic carbocycles. The van der Waals surface area contributed by atoms with Crippen molar-refractivity contribution >= 4 is 44.9 Å². The molecule has 1 N–H and O–H groups in total. The minimum absolute atomic E-state index is 0.884. The van der Waals surface area contributed by atoms with Crippen LogP contribution in [0, 0.1) is 68.2 Å². The maximum absolute atomic E-state index is 3.84. The van der Waals surface area contributed by atoms with E-state index in [-0.39, 0.29) is 0 Å². The molecule has 0 saturated heterocycles. The molecular formula is C54H58N3+. The third-order valence-corrected chi connectivity index (χ3v) is 11.5. The van der Waals surface area contributed by atoms with Crippen molar-refractivity contribution in [3.63, 3.8) is 0 Å². The lowest BCUT2D eigenvalue weighted by atomic mass is 9.82. The van der Waals surface area contributed by atoms with Crippen LogP contribution >= 0.6 is 0 Å². The van der Waals surface area contributed by atoms with Crippen molar-refractivity contribution in [1.82, 2.24) is 0 Å². The Kier molecular flexibility index (Phi) is 11.2. The van der Waals surface area contributed by atoms with E-state index < -0.39 is 0 Å². The summed E-state index contributed by atoms with van der Waals surface area (Å²) in [6.45, 7) is 26.1. The van der Waals surface area contributed by atoms with Crippen molar-refractivity contribution in [3.05, 3.63) is 194 Å². The van der Waals surface area contributed by atoms with Crippen molar-refractivity contribution in [2.24, 2.45) is 0 Å². The highest BCUT2D eigenvalue weighted by atomic mass is 15.1. The third kappa shape index (κ3) is 7.76. The molecule has 288 valence electrons. The zero-order valence-electron chi connectivity index (χ0n) is 35.9. The van der Waals surface area contributed by atoms with E-state index in [4.69, 9.17) is 0 Å². The molecule has 3 heteroatoms. The van der Waals surface area contributed by atoms with E-state index in [0.717, 1.165) is 18.8 Å². The normalized spacial score (nSPS) is 11.2. The fourth-order valence-corrected chi connectivity index (χ4v) is 9.37. The van der Waals surface area contributed by atoms with Crippen molar-refractivity contribution < 1.29 is 0 Å². The molecular weight excluding hydrogens is 691 g/mol. The van der Waals surface area contributed by atoms with Gasteiger partial charge in [0.15, 0.2) is 0 Å². The van der Waals surface area contributed by atoms with E-state index in [2.05, 4.69) is 213 Å². The first kappa shape index (κ1) is 39.3. The molecule has 0 radical (unpaired) electrons. The molecule has 0 fully saturated rings. The molecule has 7 aromatic rings. The van der Waals surface area contributed by atoms with Crippen molar-refractivity contribution in [1.29, 1.82) is 0 Å². The lowest BCUT2D eigenvalue weighted by Crippen LogP contribution is -2.19. The summed E-state index contributed by atoms with van der Waals surface area (Å²) in [5, 5.41) is 6.26. The van der Waals surface area contributed by atoms with Gasteiger partial charge in [0, 0.05) is 40.9 Å². The van der Waals surface area contributed by atoms with Gasteiger partial charge in [-0.1, -0.05) is 65.2 Å². The number of hydrogen-bond donors (Lipinski definition) is 1. The summed E-state index contributed by atoms with van der Waals surface area (Å²) >= 11 is 0. The van der Waals surface area contributed by atoms with Gasteiger partial charge < -0.3 is 15.1 Å². The zero-order valence-corrected chi connectivity index (χ0v) is 35.9. The topological polar surface area (TPSA) is 18.5 Å². The Morgan fingerprint density at radius 2 is 0.825 bits per heavy atom. The molecule has 0 aliphatic rings. The Morgan fingerprint density at radius 3 is 1.23 bits per heavy atom. The van der Waals surface area contributed by atoms with Crippen LogP contribution in [0.4, 0.5) is 34.1 Å². The Balaban J connectivity index is 1.35. The van der Waals surface area contributed by atoms with Gasteiger partial charge in [-0.25, -0.2) is 0 Å². The summed E-state index contributed by atoms with van der Waals surface area (Å²) in [6, 6.07) is 45.6. The highest BCUT2D eigenvalue weighted by molar-refractivity contribution is 6.00. The first-order chi connectivity index (χ1) is 27.4. The van der Waals surface area contributed by atoms with Crippen LogP contribution in [0.1, 0.15) is 80.6 Å². The van der Waals surface area contributed by atoms with E-state index in [1.807, 2.05) is 0 Å². The summed E-state index contributed by atoms with van der Waals surface area (Å²) in [7, 11) is 0. The predicted molar refractivity (Wildman–Crippen MR) is 248 cm³/mol. The monoisotopic (exact) mass is 748 g/mol. The van der Waals surface area contributed by atoms with Crippen LogP contribution in [0.15, 0.2) is 121 Å².